The zero-order valence-corrected chi connectivity index (χ0v) is 35.9. The van der Waals surface area contributed by atoms with Crippen LogP contribution in [0.5, 0.6) is 0 Å². The molecule has 11 atom stereocenters. The van der Waals surface area contributed by atoms with Crippen LogP contribution >= 0.6 is 35.2 Å². The highest BCUT2D eigenvalue weighted by Crippen LogP contribution is 2.61. The van der Waals surface area contributed by atoms with Crippen LogP contribution in [0.15, 0.2) is 12.7 Å². The molecule has 3 aliphatic rings. The molecular weight excluding hydrogens is 885 g/mol. The van der Waals surface area contributed by atoms with Crippen molar-refractivity contribution in [2.75, 3.05) is 44.8 Å². The summed E-state index contributed by atoms with van der Waals surface area (Å²) < 4.78 is 62.3. The van der Waals surface area contributed by atoms with E-state index in [0.29, 0.717) is 6.42 Å². The van der Waals surface area contributed by atoms with Gasteiger partial charge in [-0.1, -0.05) is 25.6 Å². The van der Waals surface area contributed by atoms with Gasteiger partial charge < -0.3 is 56.0 Å². The fourth-order valence-electron chi connectivity index (χ4n) is 7.13. The Balaban J connectivity index is 1.04. The number of carbonyl (C=O) groups excluding carboxylic acids is 3. The van der Waals surface area contributed by atoms with Gasteiger partial charge in [-0.25, -0.2) is 28.6 Å². The van der Waals surface area contributed by atoms with E-state index < -0.39 is 96.6 Å². The summed E-state index contributed by atoms with van der Waals surface area (Å²) in [5.41, 5.74) is 4.25. The quantitative estimate of drug-likeness (QED) is 0.0534. The molecule has 3 saturated heterocycles. The molecule has 0 radical (unpaired) electrons. The molecule has 11 N–H and O–H groups in total. The summed E-state index contributed by atoms with van der Waals surface area (Å²) in [6.07, 6.45) is -5.36. The number of nitrogens with zero attached hydrogens (tertiary/aromatic N) is 5. The molecule has 26 nitrogen and oxygen atoms in total. The van der Waals surface area contributed by atoms with Crippen molar-refractivity contribution in [1.29, 1.82) is 0 Å². The number of rotatable bonds is 20. The maximum Gasteiger partial charge on any atom is 0.481 e. The lowest BCUT2D eigenvalue weighted by molar-refractivity contribution is -0.137. The Morgan fingerprint density at radius 2 is 1.75 bits per heavy atom. The van der Waals surface area contributed by atoms with Gasteiger partial charge in [0.2, 0.25) is 11.8 Å². The molecule has 0 aliphatic carbocycles. The maximum absolute atomic E-state index is 12.8. The van der Waals surface area contributed by atoms with E-state index in [1.807, 2.05) is 7.05 Å². The summed E-state index contributed by atoms with van der Waals surface area (Å²) >= 11 is 1.03. The van der Waals surface area contributed by atoms with Crippen molar-refractivity contribution in [3.8, 4) is 0 Å². The fraction of sp³-hybridized carbons (Fsp3) is 0.733. The second-order valence-electron chi connectivity index (χ2n) is 15.0. The number of ether oxygens (including phenoxy) is 1. The summed E-state index contributed by atoms with van der Waals surface area (Å²) in [4.78, 5) is 91.0. The number of anilines is 1. The number of nitrogen functional groups attached to an aromatic ring is 1. The third-order valence-corrected chi connectivity index (χ3v) is 14.3. The number of piperidine rings is 1. The molecule has 30 heteroatoms. The molecule has 0 saturated carbocycles. The largest absolute Gasteiger partial charge is 0.481 e. The molecule has 5 rings (SSSR count). The van der Waals surface area contributed by atoms with Crippen LogP contribution < -0.4 is 16.4 Å². The van der Waals surface area contributed by atoms with Crippen molar-refractivity contribution >= 4 is 69.1 Å². The minimum atomic E-state index is -5.58. The SMILES string of the molecule is CN1C2CCC1[C@H](C(=O)SCCNC(=O)CCNC(=O)C(O)C(C)(C)COP(=O)(O)OP(=O)(O)OC[C@H]1O[C@@H](n3cnc4c(N)ncnc43)[C@H](O)[C@@H]1OP(=O)(O)O)[C@@H](O)C2. The Hall–Kier alpha value is -2.52. The van der Waals surface area contributed by atoms with E-state index in [9.17, 15) is 63.0 Å². The third kappa shape index (κ3) is 12.1. The van der Waals surface area contributed by atoms with Gasteiger partial charge >= 0.3 is 23.5 Å². The minimum absolute atomic E-state index is 0.00772. The first kappa shape index (κ1) is 48.5. The van der Waals surface area contributed by atoms with Crippen molar-refractivity contribution in [3.63, 3.8) is 0 Å². The number of carbonyl (C=O) groups is 3. The molecule has 0 spiro atoms. The standard InChI is InChI=1S/C30H49N8O18P3S/c1-30(2,24(42)27(43)33-7-6-19(40)32-8-9-60-29(44)20-16-5-4-15(37(16)3)10-17(20)39)12-53-59(50,51)56-58(48,49)52-11-18-23(55-57(45,46)47)22(41)28(54-18)38-14-36-21-25(31)34-13-35-26(21)38/h13-18,20,22-24,28,39,41-42H,4-12H2,1-3H3,(H,32,40)(H,33,43)(H,48,49)(H,50,51)(H2,31,34,35)(H2,45,46,47)/t15?,16?,17-,18+,20-,22+,23+,24?,28+/m0/s1. The molecular formula is C30H49N8O18P3S. The molecule has 2 aromatic heterocycles. The molecule has 2 bridgehead atoms. The number of nitrogens with two attached hydrogens (primary N) is 1. The Morgan fingerprint density at radius 1 is 1.05 bits per heavy atom. The van der Waals surface area contributed by atoms with Crippen molar-refractivity contribution in [2.45, 2.75) is 88.4 Å². The van der Waals surface area contributed by atoms with Gasteiger partial charge in [0.15, 0.2) is 22.8 Å². The van der Waals surface area contributed by atoms with Gasteiger partial charge in [0.05, 0.1) is 31.6 Å². The van der Waals surface area contributed by atoms with Crippen LogP contribution in [0.3, 0.4) is 0 Å². The van der Waals surface area contributed by atoms with Crippen LogP contribution in [-0.2, 0) is 50.7 Å². The molecule has 0 aromatic carbocycles. The zero-order valence-electron chi connectivity index (χ0n) is 32.4. The normalized spacial score (nSPS) is 28.6. The lowest BCUT2D eigenvalue weighted by Crippen LogP contribution is -2.51. The topological polar surface area (TPSA) is 387 Å². The number of imidazole rings is 1. The van der Waals surface area contributed by atoms with Gasteiger partial charge in [0, 0.05) is 42.8 Å². The van der Waals surface area contributed by atoms with E-state index in [4.69, 9.17) is 19.5 Å². The van der Waals surface area contributed by atoms with E-state index in [2.05, 4.69) is 39.3 Å². The highest BCUT2D eigenvalue weighted by atomic mass is 32.2. The van der Waals surface area contributed by atoms with Gasteiger partial charge in [0.25, 0.3) is 0 Å². The van der Waals surface area contributed by atoms with Crippen LogP contribution in [-0.4, -0.2) is 158 Å². The van der Waals surface area contributed by atoms with Gasteiger partial charge in [-0.15, -0.1) is 0 Å². The first-order valence-electron chi connectivity index (χ1n) is 18.4. The number of hydrogen-bond donors (Lipinski definition) is 10. The average Bonchev–Trinajstić information content (AvgIpc) is 3.78. The van der Waals surface area contributed by atoms with E-state index in [1.165, 1.54) is 13.8 Å². The second kappa shape index (κ2) is 19.5. The molecule has 5 heterocycles. The minimum Gasteiger partial charge on any atom is -0.392 e. The van der Waals surface area contributed by atoms with Crippen LogP contribution in [0, 0.1) is 11.3 Å². The van der Waals surface area contributed by atoms with E-state index in [-0.39, 0.29) is 59.4 Å². The van der Waals surface area contributed by atoms with Crippen LogP contribution in [0.2, 0.25) is 0 Å². The van der Waals surface area contributed by atoms with Crippen molar-refractivity contribution < 1.29 is 85.6 Å². The summed E-state index contributed by atoms with van der Waals surface area (Å²) in [5, 5.41) is 36.8. The monoisotopic (exact) mass is 934 g/mol. The number of phosphoric ester groups is 3. The van der Waals surface area contributed by atoms with E-state index in [0.717, 1.165) is 41.8 Å². The number of aliphatic hydroxyl groups is 3. The van der Waals surface area contributed by atoms with E-state index in [1.54, 1.807) is 0 Å². The zero-order chi connectivity index (χ0) is 44.4. The maximum atomic E-state index is 12.8. The molecule has 3 aliphatic heterocycles. The van der Waals surface area contributed by atoms with Gasteiger partial charge in [0.1, 0.15) is 36.3 Å². The number of hydrogen-bond acceptors (Lipinski definition) is 20. The van der Waals surface area contributed by atoms with Gasteiger partial charge in [-0.2, -0.15) is 4.31 Å². The second-order valence-corrected chi connectivity index (χ2v) is 20.4. The Labute approximate surface area is 346 Å². The van der Waals surface area contributed by atoms with Crippen molar-refractivity contribution in [1.82, 2.24) is 35.1 Å². The number of amides is 2. The first-order valence-corrected chi connectivity index (χ1v) is 23.9. The van der Waals surface area contributed by atoms with Crippen LogP contribution in [0.4, 0.5) is 5.82 Å². The average molecular weight is 935 g/mol. The summed E-state index contributed by atoms with van der Waals surface area (Å²) in [6.45, 7) is 0.394. The van der Waals surface area contributed by atoms with E-state index >= 15 is 0 Å². The highest BCUT2D eigenvalue weighted by molar-refractivity contribution is 8.13. The van der Waals surface area contributed by atoms with Crippen molar-refractivity contribution in [3.05, 3.63) is 12.7 Å². The molecule has 2 aromatic rings. The Bertz CT molecular complexity index is 2030. The lowest BCUT2D eigenvalue weighted by Gasteiger charge is -2.39. The number of aromatic nitrogens is 4. The molecule has 3 fully saturated rings. The third-order valence-electron chi connectivity index (χ3n) is 10.3. The number of phosphoric acid groups is 3. The fourth-order valence-corrected chi connectivity index (χ4v) is 10.9. The Kier molecular flexibility index (Phi) is 15.7. The Morgan fingerprint density at radius 3 is 2.45 bits per heavy atom. The molecule has 60 heavy (non-hydrogen) atoms. The van der Waals surface area contributed by atoms with Crippen molar-refractivity contribution in [2.24, 2.45) is 11.3 Å². The number of nitrogens with one attached hydrogen (secondary N) is 2. The summed E-state index contributed by atoms with van der Waals surface area (Å²) in [6, 6.07) is 0.272. The number of fused-ring (bicyclic) bond motifs is 3. The predicted molar refractivity (Wildman–Crippen MR) is 206 cm³/mol. The predicted octanol–water partition coefficient (Wildman–Crippen LogP) is -1.49. The molecule has 338 valence electrons. The lowest BCUT2D eigenvalue weighted by atomic mass is 9.87. The molecule has 2 amide bonds. The van der Waals surface area contributed by atoms with Crippen LogP contribution in [0.1, 0.15) is 45.8 Å². The number of thioether (sulfide) groups is 1. The summed E-state index contributed by atoms with van der Waals surface area (Å²) in [5.74, 6) is -1.72. The van der Waals surface area contributed by atoms with Gasteiger partial charge in [-0.05, 0) is 26.3 Å². The number of aliphatic hydroxyl groups excluding tert-OH is 3. The summed E-state index contributed by atoms with van der Waals surface area (Å²) in [7, 11) is -14.5. The molecule has 5 unspecified atom stereocenters. The van der Waals surface area contributed by atoms with Gasteiger partial charge in [-0.3, -0.25) is 37.4 Å². The first-order chi connectivity index (χ1) is 27.9. The highest BCUT2D eigenvalue weighted by Gasteiger charge is 2.51. The van der Waals surface area contributed by atoms with Crippen LogP contribution in [0.25, 0.3) is 11.2 Å². The smallest absolute Gasteiger partial charge is 0.392 e.